The van der Waals surface area contributed by atoms with Crippen LogP contribution in [-0.4, -0.2) is 60.7 Å². The van der Waals surface area contributed by atoms with Gasteiger partial charge in [-0.2, -0.15) is 4.98 Å². The van der Waals surface area contributed by atoms with Crippen molar-refractivity contribution in [1.82, 2.24) is 14.9 Å². The average molecular weight is 404 g/mol. The predicted octanol–water partition coefficient (Wildman–Crippen LogP) is 3.98. The van der Waals surface area contributed by atoms with Crippen molar-refractivity contribution >= 4 is 28.5 Å². The van der Waals surface area contributed by atoms with Crippen LogP contribution in [-0.2, 0) is 0 Å². The van der Waals surface area contributed by atoms with Crippen LogP contribution < -0.4 is 15.0 Å². The Morgan fingerprint density at radius 1 is 1.00 bits per heavy atom. The number of ether oxygens (including phenoxy) is 1. The number of fused-ring (bicyclic) bond motifs is 2. The second-order valence-electron chi connectivity index (χ2n) is 7.97. The van der Waals surface area contributed by atoms with Crippen molar-refractivity contribution < 1.29 is 4.74 Å². The highest BCUT2D eigenvalue weighted by Crippen LogP contribution is 2.27. The van der Waals surface area contributed by atoms with E-state index < -0.39 is 0 Å². The normalized spacial score (nSPS) is 16.5. The fourth-order valence-corrected chi connectivity index (χ4v) is 4.32. The topological polar surface area (TPSA) is 56.4 Å². The molecule has 2 N–H and O–H groups in total. The van der Waals surface area contributed by atoms with Gasteiger partial charge in [0.2, 0.25) is 5.88 Å². The molecule has 1 saturated heterocycles. The zero-order valence-corrected chi connectivity index (χ0v) is 17.3. The van der Waals surface area contributed by atoms with Crippen LogP contribution in [0.15, 0.2) is 48.7 Å². The fourth-order valence-electron chi connectivity index (χ4n) is 4.32. The maximum absolute atomic E-state index is 5.86. The first-order valence-corrected chi connectivity index (χ1v) is 10.9. The van der Waals surface area contributed by atoms with Crippen LogP contribution in [0.5, 0.6) is 5.88 Å². The van der Waals surface area contributed by atoms with Gasteiger partial charge in [0.15, 0.2) is 0 Å². The van der Waals surface area contributed by atoms with Crippen molar-refractivity contribution in [1.29, 1.82) is 0 Å². The molecule has 5 rings (SSSR count). The second-order valence-corrected chi connectivity index (χ2v) is 7.97. The van der Waals surface area contributed by atoms with Crippen LogP contribution in [0.25, 0.3) is 17.0 Å². The number of anilines is 2. The van der Waals surface area contributed by atoms with Gasteiger partial charge in [0.05, 0.1) is 6.61 Å². The summed E-state index contributed by atoms with van der Waals surface area (Å²) in [4.78, 5) is 13.0. The molecule has 2 aromatic heterocycles. The van der Waals surface area contributed by atoms with E-state index in [4.69, 9.17) is 4.74 Å². The first kappa shape index (κ1) is 19.0. The Balaban J connectivity index is 1.03. The van der Waals surface area contributed by atoms with Crippen LogP contribution in [0.4, 0.5) is 11.5 Å². The van der Waals surface area contributed by atoms with Gasteiger partial charge in [0.25, 0.3) is 0 Å². The lowest BCUT2D eigenvalue weighted by Crippen LogP contribution is -2.46. The molecule has 0 radical (unpaired) electrons. The van der Waals surface area contributed by atoms with Crippen molar-refractivity contribution in [2.75, 3.05) is 56.1 Å². The molecule has 156 valence electrons. The first-order valence-electron chi connectivity index (χ1n) is 10.9. The molecular weight excluding hydrogens is 374 g/mol. The van der Waals surface area contributed by atoms with Crippen LogP contribution in [0.1, 0.15) is 18.4 Å². The van der Waals surface area contributed by atoms with E-state index in [1.807, 2.05) is 12.3 Å². The molecular formula is C24H29N5O. The standard InChI is InChI=1S/C24H29N5O/c1(2-18-30-23-9-8-19-5-4-11-26-24(19)27-23)13-28-14-16-29(17-15-28)22-7-3-6-21-20(22)10-12-25-21/h3-10,12,25H,1-2,11,13-18H2,(H,26,27). The third kappa shape index (κ3) is 4.14. The highest BCUT2D eigenvalue weighted by Gasteiger charge is 2.18. The SMILES string of the molecule is C1=Cc2ccc(OCCCCN3CCN(c4cccc5[nH]ccc45)CC3)nc2NC1. The van der Waals surface area contributed by atoms with Crippen LogP contribution in [0.3, 0.4) is 0 Å². The minimum absolute atomic E-state index is 0.712. The van der Waals surface area contributed by atoms with E-state index in [1.54, 1.807) is 0 Å². The summed E-state index contributed by atoms with van der Waals surface area (Å²) in [6.45, 7) is 7.09. The van der Waals surface area contributed by atoms with Gasteiger partial charge in [0.1, 0.15) is 5.82 Å². The third-order valence-corrected chi connectivity index (χ3v) is 5.99. The molecule has 0 amide bonds. The molecule has 0 unspecified atom stereocenters. The van der Waals surface area contributed by atoms with E-state index in [2.05, 4.69) is 67.6 Å². The summed E-state index contributed by atoms with van der Waals surface area (Å²) in [6.07, 6.45) is 8.43. The number of H-pyrrole nitrogens is 1. The molecule has 1 fully saturated rings. The van der Waals surface area contributed by atoms with Crippen molar-refractivity contribution in [2.24, 2.45) is 0 Å². The summed E-state index contributed by atoms with van der Waals surface area (Å²) < 4.78 is 5.86. The highest BCUT2D eigenvalue weighted by atomic mass is 16.5. The molecule has 0 aliphatic carbocycles. The number of rotatable bonds is 7. The quantitative estimate of drug-likeness (QED) is 0.585. The molecule has 0 saturated carbocycles. The second kappa shape index (κ2) is 8.79. The Hall–Kier alpha value is -2.99. The smallest absolute Gasteiger partial charge is 0.215 e. The monoisotopic (exact) mass is 403 g/mol. The minimum atomic E-state index is 0.712. The first-order chi connectivity index (χ1) is 14.9. The molecule has 6 heteroatoms. The van der Waals surface area contributed by atoms with Crippen LogP contribution in [0.2, 0.25) is 0 Å². The summed E-state index contributed by atoms with van der Waals surface area (Å²) in [5, 5.41) is 4.61. The van der Waals surface area contributed by atoms with Crippen molar-refractivity contribution in [3.8, 4) is 5.88 Å². The average Bonchev–Trinajstić information content (AvgIpc) is 3.28. The van der Waals surface area contributed by atoms with Gasteiger partial charge < -0.3 is 19.9 Å². The number of hydrogen-bond acceptors (Lipinski definition) is 5. The van der Waals surface area contributed by atoms with E-state index in [1.165, 1.54) is 16.6 Å². The lowest BCUT2D eigenvalue weighted by molar-refractivity contribution is 0.237. The number of nitrogens with one attached hydrogen (secondary N) is 2. The van der Waals surface area contributed by atoms with Gasteiger partial charge in [-0.3, -0.25) is 4.90 Å². The van der Waals surface area contributed by atoms with E-state index in [0.29, 0.717) is 5.88 Å². The Morgan fingerprint density at radius 2 is 1.93 bits per heavy atom. The van der Waals surface area contributed by atoms with Crippen molar-refractivity contribution in [3.05, 3.63) is 54.2 Å². The summed E-state index contributed by atoms with van der Waals surface area (Å²) in [6, 6.07) is 12.7. The van der Waals surface area contributed by atoms with Gasteiger partial charge in [-0.15, -0.1) is 0 Å². The molecule has 30 heavy (non-hydrogen) atoms. The van der Waals surface area contributed by atoms with E-state index >= 15 is 0 Å². The molecule has 4 heterocycles. The molecule has 2 aliphatic heterocycles. The summed E-state index contributed by atoms with van der Waals surface area (Å²) >= 11 is 0. The number of pyridine rings is 1. The van der Waals surface area contributed by atoms with Crippen LogP contribution in [0, 0.1) is 0 Å². The summed E-state index contributed by atoms with van der Waals surface area (Å²) in [7, 11) is 0. The van der Waals surface area contributed by atoms with E-state index in [0.717, 1.165) is 70.1 Å². The molecule has 2 aliphatic rings. The Kier molecular flexibility index (Phi) is 5.57. The summed E-state index contributed by atoms with van der Waals surface area (Å²) in [5.74, 6) is 1.63. The Labute approximate surface area is 177 Å². The highest BCUT2D eigenvalue weighted by molar-refractivity contribution is 5.92. The lowest BCUT2D eigenvalue weighted by Gasteiger charge is -2.36. The van der Waals surface area contributed by atoms with Gasteiger partial charge in [-0.05, 0) is 43.7 Å². The minimum Gasteiger partial charge on any atom is -0.478 e. The number of unbranched alkanes of at least 4 members (excludes halogenated alkanes) is 1. The number of aromatic amines is 1. The number of piperazine rings is 1. The number of aromatic nitrogens is 2. The Morgan fingerprint density at radius 3 is 2.87 bits per heavy atom. The molecule has 0 spiro atoms. The number of nitrogens with zero attached hydrogens (tertiary/aromatic N) is 3. The zero-order chi connectivity index (χ0) is 20.2. The Bertz CT molecular complexity index is 1020. The predicted molar refractivity (Wildman–Crippen MR) is 123 cm³/mol. The number of benzene rings is 1. The maximum Gasteiger partial charge on any atom is 0.215 e. The van der Waals surface area contributed by atoms with Crippen molar-refractivity contribution in [2.45, 2.75) is 12.8 Å². The molecule has 1 aromatic carbocycles. The van der Waals surface area contributed by atoms with E-state index in [9.17, 15) is 0 Å². The van der Waals surface area contributed by atoms with Crippen molar-refractivity contribution in [3.63, 3.8) is 0 Å². The third-order valence-electron chi connectivity index (χ3n) is 5.99. The molecule has 6 nitrogen and oxygen atoms in total. The summed E-state index contributed by atoms with van der Waals surface area (Å²) in [5.41, 5.74) is 3.69. The largest absolute Gasteiger partial charge is 0.478 e. The number of hydrogen-bond donors (Lipinski definition) is 2. The fraction of sp³-hybridized carbons (Fsp3) is 0.375. The zero-order valence-electron chi connectivity index (χ0n) is 17.3. The van der Waals surface area contributed by atoms with E-state index in [-0.39, 0.29) is 0 Å². The van der Waals surface area contributed by atoms with Gasteiger partial charge >= 0.3 is 0 Å². The molecule has 0 atom stereocenters. The molecule has 0 bridgehead atoms. The van der Waals surface area contributed by atoms with Gasteiger partial charge in [-0.25, -0.2) is 0 Å². The van der Waals surface area contributed by atoms with Gasteiger partial charge in [-0.1, -0.05) is 18.2 Å². The van der Waals surface area contributed by atoms with Crippen LogP contribution >= 0.6 is 0 Å². The molecule has 3 aromatic rings. The maximum atomic E-state index is 5.86. The lowest BCUT2D eigenvalue weighted by atomic mass is 10.1. The van der Waals surface area contributed by atoms with Gasteiger partial charge in [0, 0.05) is 67.1 Å².